The smallest absolute Gasteiger partial charge is 0.329 e. The molecule has 1 aliphatic carbocycles. The molecular weight excluding hydrogens is 246 g/mol. The fourth-order valence-electron chi connectivity index (χ4n) is 2.99. The van der Waals surface area contributed by atoms with E-state index in [9.17, 15) is 14.7 Å². The van der Waals surface area contributed by atoms with Crippen LogP contribution in [-0.4, -0.2) is 35.2 Å². The van der Waals surface area contributed by atoms with Gasteiger partial charge in [-0.05, 0) is 44.9 Å². The number of hydrogen-bond donors (Lipinski definition) is 2. The van der Waals surface area contributed by atoms with E-state index in [-0.39, 0.29) is 17.9 Å². The zero-order valence-electron chi connectivity index (χ0n) is 11.6. The van der Waals surface area contributed by atoms with Crippen molar-refractivity contribution in [3.63, 3.8) is 0 Å². The van der Waals surface area contributed by atoms with E-state index in [1.54, 1.807) is 0 Å². The second kappa shape index (κ2) is 5.49. The molecule has 2 fully saturated rings. The number of rotatable bonds is 3. The van der Waals surface area contributed by atoms with Crippen LogP contribution >= 0.6 is 0 Å². The van der Waals surface area contributed by atoms with Crippen molar-refractivity contribution in [3.8, 4) is 0 Å². The van der Waals surface area contributed by atoms with E-state index in [0.717, 1.165) is 12.8 Å². The average Bonchev–Trinajstić information content (AvgIpc) is 2.79. The highest BCUT2D eigenvalue weighted by Crippen LogP contribution is 2.33. The normalized spacial score (nSPS) is 38.9. The van der Waals surface area contributed by atoms with Crippen molar-refractivity contribution in [1.29, 1.82) is 0 Å². The van der Waals surface area contributed by atoms with Crippen LogP contribution in [-0.2, 0) is 14.3 Å². The Balaban J connectivity index is 2.01. The van der Waals surface area contributed by atoms with Crippen LogP contribution in [0.5, 0.6) is 0 Å². The van der Waals surface area contributed by atoms with E-state index >= 15 is 0 Å². The van der Waals surface area contributed by atoms with Gasteiger partial charge in [0.1, 0.15) is 5.54 Å². The van der Waals surface area contributed by atoms with Gasteiger partial charge >= 0.3 is 5.97 Å². The van der Waals surface area contributed by atoms with Gasteiger partial charge in [-0.15, -0.1) is 0 Å². The van der Waals surface area contributed by atoms with E-state index in [1.165, 1.54) is 0 Å². The number of amides is 1. The van der Waals surface area contributed by atoms with Gasteiger partial charge in [0.05, 0.1) is 18.6 Å². The predicted octanol–water partition coefficient (Wildman–Crippen LogP) is 1.56. The lowest BCUT2D eigenvalue weighted by atomic mass is 9.77. The minimum absolute atomic E-state index is 0.0860. The summed E-state index contributed by atoms with van der Waals surface area (Å²) in [6.45, 7) is 4.46. The number of carbonyl (C=O) groups excluding carboxylic acids is 1. The fourth-order valence-corrected chi connectivity index (χ4v) is 2.99. The summed E-state index contributed by atoms with van der Waals surface area (Å²) in [4.78, 5) is 23.7. The van der Waals surface area contributed by atoms with Gasteiger partial charge in [0.2, 0.25) is 5.91 Å². The molecule has 5 nitrogen and oxygen atoms in total. The largest absolute Gasteiger partial charge is 0.480 e. The molecule has 0 bridgehead atoms. The summed E-state index contributed by atoms with van der Waals surface area (Å²) in [5.74, 6) is -0.731. The van der Waals surface area contributed by atoms with E-state index in [1.807, 2.05) is 6.92 Å². The summed E-state index contributed by atoms with van der Waals surface area (Å²) < 4.78 is 5.38. The number of carbonyl (C=O) groups is 2. The SMILES string of the molecule is CC1CCC(NC(=O)C2COC(C)C2)(C(=O)O)CC1. The first-order chi connectivity index (χ1) is 8.93. The third-order valence-electron chi connectivity index (χ3n) is 4.47. The maximum absolute atomic E-state index is 12.2. The van der Waals surface area contributed by atoms with E-state index < -0.39 is 11.5 Å². The molecule has 108 valence electrons. The molecule has 2 unspecified atom stereocenters. The van der Waals surface area contributed by atoms with Gasteiger partial charge in [-0.1, -0.05) is 6.92 Å². The molecular formula is C14H23NO4. The number of ether oxygens (including phenoxy) is 1. The molecule has 1 heterocycles. The number of hydrogen-bond acceptors (Lipinski definition) is 3. The molecule has 2 rings (SSSR count). The number of carboxylic acids is 1. The molecule has 19 heavy (non-hydrogen) atoms. The molecule has 1 saturated heterocycles. The Kier molecular flexibility index (Phi) is 4.13. The second-order valence-electron chi connectivity index (χ2n) is 6.14. The Bertz CT molecular complexity index is 360. The molecule has 1 saturated carbocycles. The Labute approximate surface area is 113 Å². The van der Waals surface area contributed by atoms with Crippen LogP contribution in [0, 0.1) is 11.8 Å². The fraction of sp³-hybridized carbons (Fsp3) is 0.857. The lowest BCUT2D eigenvalue weighted by Crippen LogP contribution is -2.57. The minimum atomic E-state index is -1.06. The summed E-state index contributed by atoms with van der Waals surface area (Å²) in [6.07, 6.45) is 3.52. The van der Waals surface area contributed by atoms with Crippen LogP contribution in [0.15, 0.2) is 0 Å². The average molecular weight is 269 g/mol. The topological polar surface area (TPSA) is 75.6 Å². The van der Waals surface area contributed by atoms with Crippen molar-refractivity contribution in [2.45, 2.75) is 57.6 Å². The van der Waals surface area contributed by atoms with Gasteiger partial charge in [0.25, 0.3) is 0 Å². The molecule has 5 heteroatoms. The maximum atomic E-state index is 12.2. The summed E-state index contributed by atoms with van der Waals surface area (Å²) in [7, 11) is 0. The summed E-state index contributed by atoms with van der Waals surface area (Å²) in [5.41, 5.74) is -1.06. The van der Waals surface area contributed by atoms with Crippen molar-refractivity contribution < 1.29 is 19.4 Å². The van der Waals surface area contributed by atoms with Crippen molar-refractivity contribution >= 4 is 11.9 Å². The first-order valence-electron chi connectivity index (χ1n) is 7.10. The quantitative estimate of drug-likeness (QED) is 0.815. The predicted molar refractivity (Wildman–Crippen MR) is 69.7 cm³/mol. The molecule has 0 radical (unpaired) electrons. The van der Waals surface area contributed by atoms with Crippen LogP contribution in [0.3, 0.4) is 0 Å². The summed E-state index contributed by atoms with van der Waals surface area (Å²) in [5, 5.41) is 12.3. The van der Waals surface area contributed by atoms with Crippen LogP contribution in [0.4, 0.5) is 0 Å². The molecule has 0 aromatic rings. The molecule has 1 aliphatic heterocycles. The monoisotopic (exact) mass is 269 g/mol. The highest BCUT2D eigenvalue weighted by atomic mass is 16.5. The molecule has 1 amide bonds. The Hall–Kier alpha value is -1.10. The number of nitrogens with one attached hydrogen (secondary N) is 1. The molecule has 0 aromatic carbocycles. The minimum Gasteiger partial charge on any atom is -0.480 e. The standard InChI is InChI=1S/C14H23NO4/c1-9-3-5-14(6-4-9,13(17)18)15-12(16)11-7-10(2)19-8-11/h9-11H,3-8H2,1-2H3,(H,15,16)(H,17,18). The summed E-state index contributed by atoms with van der Waals surface area (Å²) in [6, 6.07) is 0. The van der Waals surface area contributed by atoms with Crippen LogP contribution in [0.2, 0.25) is 0 Å². The number of aliphatic carboxylic acids is 1. The number of carboxylic acid groups (broad SMARTS) is 1. The first kappa shape index (κ1) is 14.3. The van der Waals surface area contributed by atoms with Crippen molar-refractivity contribution in [3.05, 3.63) is 0 Å². The summed E-state index contributed by atoms with van der Waals surface area (Å²) >= 11 is 0. The molecule has 2 N–H and O–H groups in total. The van der Waals surface area contributed by atoms with Crippen LogP contribution in [0.25, 0.3) is 0 Å². The Morgan fingerprint density at radius 2 is 1.89 bits per heavy atom. The van der Waals surface area contributed by atoms with Crippen molar-refractivity contribution in [2.75, 3.05) is 6.61 Å². The van der Waals surface area contributed by atoms with Crippen molar-refractivity contribution in [2.24, 2.45) is 11.8 Å². The van der Waals surface area contributed by atoms with E-state index in [2.05, 4.69) is 12.2 Å². The maximum Gasteiger partial charge on any atom is 0.329 e. The van der Waals surface area contributed by atoms with Gasteiger partial charge in [-0.3, -0.25) is 4.79 Å². The van der Waals surface area contributed by atoms with Crippen LogP contribution in [0.1, 0.15) is 46.0 Å². The van der Waals surface area contributed by atoms with Crippen LogP contribution < -0.4 is 5.32 Å². The Morgan fingerprint density at radius 3 is 2.37 bits per heavy atom. The lowest BCUT2D eigenvalue weighted by molar-refractivity contribution is -0.150. The molecule has 0 aromatic heterocycles. The van der Waals surface area contributed by atoms with Gasteiger partial charge < -0.3 is 15.2 Å². The lowest BCUT2D eigenvalue weighted by Gasteiger charge is -2.37. The second-order valence-corrected chi connectivity index (χ2v) is 6.14. The van der Waals surface area contributed by atoms with Gasteiger partial charge in [0.15, 0.2) is 0 Å². The van der Waals surface area contributed by atoms with E-state index in [4.69, 9.17) is 4.74 Å². The third-order valence-corrected chi connectivity index (χ3v) is 4.47. The highest BCUT2D eigenvalue weighted by molar-refractivity contribution is 5.88. The molecule has 0 spiro atoms. The zero-order chi connectivity index (χ0) is 14.0. The van der Waals surface area contributed by atoms with Gasteiger partial charge in [-0.2, -0.15) is 0 Å². The molecule has 2 aliphatic rings. The highest BCUT2D eigenvalue weighted by Gasteiger charge is 2.44. The zero-order valence-corrected chi connectivity index (χ0v) is 11.6. The van der Waals surface area contributed by atoms with Gasteiger partial charge in [0, 0.05) is 0 Å². The van der Waals surface area contributed by atoms with Gasteiger partial charge in [-0.25, -0.2) is 4.79 Å². The first-order valence-corrected chi connectivity index (χ1v) is 7.10. The van der Waals surface area contributed by atoms with Crippen molar-refractivity contribution in [1.82, 2.24) is 5.32 Å². The Morgan fingerprint density at radius 1 is 1.26 bits per heavy atom. The van der Waals surface area contributed by atoms with E-state index in [0.29, 0.717) is 31.8 Å². The molecule has 2 atom stereocenters. The third kappa shape index (κ3) is 3.08.